The second-order valence-electron chi connectivity index (χ2n) is 16.1. The Hall–Kier alpha value is -1.75. The topological polar surface area (TPSA) is 119 Å². The Balaban J connectivity index is 0. The number of rotatable bonds is 37. The van der Waals surface area contributed by atoms with Crippen LogP contribution in [0.15, 0.2) is 24.3 Å². The molecule has 2 atom stereocenters. The highest BCUT2D eigenvalue weighted by Gasteiger charge is 2.26. The number of hydrogen-bond acceptors (Lipinski definition) is 8. The van der Waals surface area contributed by atoms with E-state index in [1.807, 2.05) is 13.8 Å². The van der Waals surface area contributed by atoms with Gasteiger partial charge in [0.2, 0.25) is 10.4 Å². The van der Waals surface area contributed by atoms with Gasteiger partial charge in [0.1, 0.15) is 25.3 Å². The number of unbranched alkanes of at least 4 members (excludes halogenated alkanes) is 22. The summed E-state index contributed by atoms with van der Waals surface area (Å²) in [5.41, 5.74) is 0. The minimum absolute atomic E-state index is 0.0930. The lowest BCUT2D eigenvalue weighted by Gasteiger charge is -2.34. The SMILES string of the molecule is CCCCCCCCC=CCCCCCCCC(=O)OC(C)C[N+](C)(C)CC(C)OC(=O)CCCCCCCC=CCCCCCCCC.COS(=O)(=O)[O-]. The van der Waals surface area contributed by atoms with E-state index in [1.54, 1.807) is 0 Å². The summed E-state index contributed by atoms with van der Waals surface area (Å²) in [5.74, 6) is -0.186. The lowest BCUT2D eigenvalue weighted by atomic mass is 10.1. The fraction of sp³-hybridized carbons (Fsp3) is 0.867. The first-order valence-electron chi connectivity index (χ1n) is 22.3. The molecule has 0 saturated heterocycles. The zero-order valence-electron chi connectivity index (χ0n) is 36.8. The van der Waals surface area contributed by atoms with Gasteiger partial charge in [0.15, 0.2) is 0 Å². The third-order valence-corrected chi connectivity index (χ3v) is 10.1. The molecule has 0 aromatic heterocycles. The van der Waals surface area contributed by atoms with Crippen molar-refractivity contribution in [2.45, 2.75) is 220 Å². The molecule has 2 unspecified atom stereocenters. The zero-order chi connectivity index (χ0) is 41.5. The van der Waals surface area contributed by atoms with E-state index in [2.05, 4.69) is 56.4 Å². The molecule has 10 heteroatoms. The third-order valence-electron chi connectivity index (χ3n) is 9.66. The number of quaternary nitrogens is 1. The van der Waals surface area contributed by atoms with E-state index in [4.69, 9.17) is 9.47 Å². The van der Waals surface area contributed by atoms with E-state index < -0.39 is 10.4 Å². The Morgan fingerprint density at radius 2 is 0.782 bits per heavy atom. The quantitative estimate of drug-likeness (QED) is 0.0152. The van der Waals surface area contributed by atoms with Gasteiger partial charge in [-0.2, -0.15) is 0 Å². The van der Waals surface area contributed by atoms with Crippen molar-refractivity contribution in [2.75, 3.05) is 34.3 Å². The van der Waals surface area contributed by atoms with Gasteiger partial charge < -0.3 is 18.5 Å². The molecular weight excluding hydrogens is 715 g/mol. The van der Waals surface area contributed by atoms with Crippen LogP contribution in [0.4, 0.5) is 0 Å². The van der Waals surface area contributed by atoms with Crippen LogP contribution in [0.5, 0.6) is 0 Å². The van der Waals surface area contributed by atoms with Crippen molar-refractivity contribution >= 4 is 22.3 Å². The maximum Gasteiger partial charge on any atom is 0.306 e. The van der Waals surface area contributed by atoms with E-state index in [0.29, 0.717) is 30.4 Å². The van der Waals surface area contributed by atoms with E-state index in [9.17, 15) is 22.6 Å². The molecule has 0 radical (unpaired) electrons. The van der Waals surface area contributed by atoms with Crippen molar-refractivity contribution < 1.29 is 40.7 Å². The molecule has 55 heavy (non-hydrogen) atoms. The zero-order valence-corrected chi connectivity index (χ0v) is 37.6. The Bertz CT molecular complexity index is 979. The number of carbonyl (C=O) groups is 2. The van der Waals surface area contributed by atoms with E-state index in [-0.39, 0.29) is 24.1 Å². The summed E-state index contributed by atoms with van der Waals surface area (Å²) in [5, 5.41) is 0. The number of allylic oxidation sites excluding steroid dienone is 4. The fourth-order valence-electron chi connectivity index (χ4n) is 6.79. The second-order valence-corrected chi connectivity index (χ2v) is 17.3. The summed E-state index contributed by atoms with van der Waals surface area (Å²) in [6.07, 6.45) is 42.6. The summed E-state index contributed by atoms with van der Waals surface area (Å²) in [6.45, 7) is 9.89. The van der Waals surface area contributed by atoms with Crippen LogP contribution in [0.25, 0.3) is 0 Å². The summed E-state index contributed by atoms with van der Waals surface area (Å²) < 4.78 is 43.1. The summed E-state index contributed by atoms with van der Waals surface area (Å²) >= 11 is 0. The maximum atomic E-state index is 12.4. The molecule has 0 amide bonds. The first-order valence-corrected chi connectivity index (χ1v) is 23.6. The van der Waals surface area contributed by atoms with Crippen molar-refractivity contribution in [3.05, 3.63) is 24.3 Å². The van der Waals surface area contributed by atoms with Gasteiger partial charge >= 0.3 is 11.9 Å². The predicted octanol–water partition coefficient (Wildman–Crippen LogP) is 12.1. The predicted molar refractivity (Wildman–Crippen MR) is 229 cm³/mol. The molecule has 0 saturated carbocycles. The number of hydrogen-bond donors (Lipinski definition) is 0. The Morgan fingerprint density at radius 3 is 1.05 bits per heavy atom. The highest BCUT2D eigenvalue weighted by atomic mass is 32.3. The largest absolute Gasteiger partial charge is 0.726 e. The van der Waals surface area contributed by atoms with Crippen LogP contribution < -0.4 is 0 Å². The van der Waals surface area contributed by atoms with Crippen LogP contribution in [-0.2, 0) is 33.6 Å². The van der Waals surface area contributed by atoms with E-state index in [0.717, 1.165) is 32.8 Å². The number of esters is 2. The second kappa shape index (κ2) is 39.1. The summed E-state index contributed by atoms with van der Waals surface area (Å²) in [6, 6.07) is 0. The molecule has 0 fully saturated rings. The van der Waals surface area contributed by atoms with Crippen LogP contribution in [0.3, 0.4) is 0 Å². The Labute approximate surface area is 340 Å². The van der Waals surface area contributed by atoms with Crippen molar-refractivity contribution in [2.24, 2.45) is 0 Å². The van der Waals surface area contributed by atoms with Crippen molar-refractivity contribution in [1.82, 2.24) is 0 Å². The minimum Gasteiger partial charge on any atom is -0.726 e. The lowest BCUT2D eigenvalue weighted by molar-refractivity contribution is -0.895. The average Bonchev–Trinajstić information content (AvgIpc) is 3.10. The van der Waals surface area contributed by atoms with Crippen LogP contribution in [0, 0.1) is 0 Å². The van der Waals surface area contributed by atoms with Crippen molar-refractivity contribution in [3.8, 4) is 0 Å². The number of likely N-dealkylation sites (N-methyl/N-ethyl adjacent to an activating group) is 1. The maximum absolute atomic E-state index is 12.4. The van der Waals surface area contributed by atoms with Gasteiger partial charge in [0.05, 0.1) is 21.2 Å². The van der Waals surface area contributed by atoms with Gasteiger partial charge in [-0.1, -0.05) is 141 Å². The van der Waals surface area contributed by atoms with E-state index in [1.165, 1.54) is 141 Å². The van der Waals surface area contributed by atoms with E-state index >= 15 is 0 Å². The molecule has 0 rings (SSSR count). The first-order chi connectivity index (χ1) is 26.3. The number of nitrogens with zero attached hydrogens (tertiary/aromatic N) is 1. The van der Waals surface area contributed by atoms with Gasteiger partial charge in [0, 0.05) is 12.8 Å². The van der Waals surface area contributed by atoms with Gasteiger partial charge in [-0.05, 0) is 78.1 Å². The molecule has 0 bridgehead atoms. The van der Waals surface area contributed by atoms with Crippen LogP contribution in [0.2, 0.25) is 0 Å². The van der Waals surface area contributed by atoms with Crippen LogP contribution in [0.1, 0.15) is 207 Å². The summed E-state index contributed by atoms with van der Waals surface area (Å²) in [7, 11) is 0.623. The Kier molecular flexibility index (Phi) is 39.3. The minimum atomic E-state index is -4.41. The fourth-order valence-corrected chi connectivity index (χ4v) is 6.79. The molecule has 0 aliphatic rings. The molecular formula is C45H87NO8S. The summed E-state index contributed by atoms with van der Waals surface area (Å²) in [4.78, 5) is 24.8. The highest BCUT2D eigenvalue weighted by molar-refractivity contribution is 7.80. The number of ether oxygens (including phenoxy) is 2. The smallest absolute Gasteiger partial charge is 0.306 e. The molecule has 0 spiro atoms. The number of carbonyl (C=O) groups excluding carboxylic acids is 2. The average molecular weight is 802 g/mol. The van der Waals surface area contributed by atoms with Crippen molar-refractivity contribution in [3.63, 3.8) is 0 Å². The first kappa shape index (κ1) is 55.3. The molecule has 0 heterocycles. The molecule has 0 aromatic rings. The van der Waals surface area contributed by atoms with Gasteiger partial charge in [-0.15, -0.1) is 0 Å². The normalized spacial score (nSPS) is 13.2. The molecule has 326 valence electrons. The highest BCUT2D eigenvalue weighted by Crippen LogP contribution is 2.14. The van der Waals surface area contributed by atoms with Crippen LogP contribution >= 0.6 is 0 Å². The van der Waals surface area contributed by atoms with Gasteiger partial charge in [-0.3, -0.25) is 13.8 Å². The molecule has 0 aliphatic carbocycles. The monoisotopic (exact) mass is 802 g/mol. The van der Waals surface area contributed by atoms with Crippen LogP contribution in [-0.4, -0.2) is 75.9 Å². The van der Waals surface area contributed by atoms with Gasteiger partial charge in [0.25, 0.3) is 0 Å². The molecule has 9 nitrogen and oxygen atoms in total. The standard InChI is InChI=1S/C44H84NO4.CH4O4S/c1-7-9-11-13-15-17-19-21-23-25-27-29-31-33-35-37-43(46)48-41(3)39-45(5,6)40-42(4)49-44(47)38-36-34-32-30-28-26-24-22-20-18-16-14-12-10-8-2;1-5-6(2,3)4/h21-24,41-42H,7-20,25-40H2,1-6H3;1H3,(H,2,3,4)/q+1;/p-1. The molecule has 0 aromatic carbocycles. The molecule has 0 aliphatic heterocycles. The van der Waals surface area contributed by atoms with Gasteiger partial charge in [-0.25, -0.2) is 8.42 Å². The molecule has 0 N–H and O–H groups in total. The van der Waals surface area contributed by atoms with Crippen molar-refractivity contribution in [1.29, 1.82) is 0 Å². The Morgan fingerprint density at radius 1 is 0.527 bits per heavy atom. The third kappa shape index (κ3) is 46.5. The lowest BCUT2D eigenvalue weighted by Crippen LogP contribution is -2.50.